The first kappa shape index (κ1) is 9.45. The molecular formula is C8H11BrN2O. The minimum atomic E-state index is 0.624. The highest BCUT2D eigenvalue weighted by atomic mass is 79.9. The van der Waals surface area contributed by atoms with Crippen molar-refractivity contribution in [3.63, 3.8) is 0 Å². The number of hydrogen-bond donors (Lipinski definition) is 0. The number of unbranched alkanes of at least 4 members (excludes halogenated alkanes) is 1. The minimum absolute atomic E-state index is 0.624. The zero-order chi connectivity index (χ0) is 8.81. The summed E-state index contributed by atoms with van der Waals surface area (Å²) in [6.45, 7) is 2.84. The lowest BCUT2D eigenvalue weighted by Crippen LogP contribution is -1.99. The third-order valence-electron chi connectivity index (χ3n) is 1.37. The van der Waals surface area contributed by atoms with E-state index in [1.807, 2.05) is 0 Å². The van der Waals surface area contributed by atoms with Gasteiger partial charge in [0.2, 0.25) is 5.88 Å². The molecule has 0 saturated carbocycles. The molecule has 66 valence electrons. The highest BCUT2D eigenvalue weighted by Crippen LogP contribution is 2.19. The zero-order valence-corrected chi connectivity index (χ0v) is 8.54. The smallest absolute Gasteiger partial charge is 0.231 e. The average molecular weight is 231 g/mol. The Bertz CT molecular complexity index is 242. The molecule has 0 atom stereocenters. The van der Waals surface area contributed by atoms with Gasteiger partial charge >= 0.3 is 0 Å². The number of hydrogen-bond acceptors (Lipinski definition) is 3. The van der Waals surface area contributed by atoms with Crippen LogP contribution in [0.25, 0.3) is 0 Å². The number of ether oxygens (including phenoxy) is 1. The van der Waals surface area contributed by atoms with E-state index >= 15 is 0 Å². The van der Waals surface area contributed by atoms with Gasteiger partial charge in [-0.3, -0.25) is 0 Å². The fourth-order valence-electron chi connectivity index (χ4n) is 0.721. The Hall–Kier alpha value is -0.640. The lowest BCUT2D eigenvalue weighted by molar-refractivity contribution is 0.295. The van der Waals surface area contributed by atoms with E-state index in [4.69, 9.17) is 4.74 Å². The van der Waals surface area contributed by atoms with Gasteiger partial charge in [-0.15, -0.1) is 0 Å². The van der Waals surface area contributed by atoms with Gasteiger partial charge in [-0.25, -0.2) is 9.97 Å². The van der Waals surface area contributed by atoms with Crippen molar-refractivity contribution in [2.75, 3.05) is 6.61 Å². The molecule has 1 aromatic rings. The molecule has 0 fully saturated rings. The van der Waals surface area contributed by atoms with Crippen molar-refractivity contribution in [2.45, 2.75) is 19.8 Å². The third kappa shape index (κ3) is 2.77. The predicted molar refractivity (Wildman–Crippen MR) is 50.1 cm³/mol. The third-order valence-corrected chi connectivity index (χ3v) is 1.91. The monoisotopic (exact) mass is 230 g/mol. The second kappa shape index (κ2) is 5.09. The van der Waals surface area contributed by atoms with Gasteiger partial charge in [0.25, 0.3) is 0 Å². The van der Waals surface area contributed by atoms with Crippen molar-refractivity contribution in [3.8, 4) is 5.88 Å². The molecule has 1 rings (SSSR count). The van der Waals surface area contributed by atoms with Crippen LogP contribution in [0.2, 0.25) is 0 Å². The van der Waals surface area contributed by atoms with Crippen molar-refractivity contribution < 1.29 is 4.74 Å². The lowest BCUT2D eigenvalue weighted by atomic mass is 10.4. The van der Waals surface area contributed by atoms with Crippen LogP contribution in [0.3, 0.4) is 0 Å². The Kier molecular flexibility index (Phi) is 4.00. The number of rotatable bonds is 4. The summed E-state index contributed by atoms with van der Waals surface area (Å²) < 4.78 is 6.19. The summed E-state index contributed by atoms with van der Waals surface area (Å²) in [6, 6.07) is 0. The molecule has 1 aromatic heterocycles. The summed E-state index contributed by atoms with van der Waals surface area (Å²) in [7, 11) is 0. The van der Waals surface area contributed by atoms with Crippen LogP contribution in [0.15, 0.2) is 17.0 Å². The van der Waals surface area contributed by atoms with E-state index in [2.05, 4.69) is 32.8 Å². The fourth-order valence-corrected chi connectivity index (χ4v) is 1.06. The van der Waals surface area contributed by atoms with Crippen molar-refractivity contribution in [1.29, 1.82) is 0 Å². The molecule has 4 heteroatoms. The van der Waals surface area contributed by atoms with Gasteiger partial charge in [-0.1, -0.05) is 13.3 Å². The first-order valence-electron chi connectivity index (χ1n) is 3.93. The molecular weight excluding hydrogens is 220 g/mol. The van der Waals surface area contributed by atoms with Crippen LogP contribution >= 0.6 is 15.9 Å². The van der Waals surface area contributed by atoms with Crippen molar-refractivity contribution in [2.24, 2.45) is 0 Å². The number of nitrogens with zero attached hydrogens (tertiary/aromatic N) is 2. The van der Waals surface area contributed by atoms with Crippen LogP contribution in [0.5, 0.6) is 5.88 Å². The summed E-state index contributed by atoms with van der Waals surface area (Å²) in [5.41, 5.74) is 0. The molecule has 12 heavy (non-hydrogen) atoms. The first-order chi connectivity index (χ1) is 5.84. The van der Waals surface area contributed by atoms with Crippen molar-refractivity contribution in [1.82, 2.24) is 9.97 Å². The molecule has 0 amide bonds. The maximum absolute atomic E-state index is 5.38. The van der Waals surface area contributed by atoms with E-state index in [1.54, 1.807) is 6.20 Å². The van der Waals surface area contributed by atoms with E-state index in [-0.39, 0.29) is 0 Å². The van der Waals surface area contributed by atoms with E-state index in [0.717, 1.165) is 17.3 Å². The molecule has 0 unspecified atom stereocenters. The molecule has 3 nitrogen and oxygen atoms in total. The van der Waals surface area contributed by atoms with Crippen LogP contribution in [-0.4, -0.2) is 16.6 Å². The lowest BCUT2D eigenvalue weighted by Gasteiger charge is -2.04. The predicted octanol–water partition coefficient (Wildman–Crippen LogP) is 2.42. The van der Waals surface area contributed by atoms with Crippen LogP contribution in [0.1, 0.15) is 19.8 Å². The van der Waals surface area contributed by atoms with Crippen molar-refractivity contribution in [3.05, 3.63) is 17.0 Å². The van der Waals surface area contributed by atoms with Crippen LogP contribution in [0.4, 0.5) is 0 Å². The second-order valence-corrected chi connectivity index (χ2v) is 3.23. The minimum Gasteiger partial charge on any atom is -0.477 e. The Morgan fingerprint density at radius 3 is 3.08 bits per heavy atom. The molecule has 0 aliphatic carbocycles. The molecule has 0 bridgehead atoms. The normalized spacial score (nSPS) is 9.83. The highest BCUT2D eigenvalue weighted by molar-refractivity contribution is 9.10. The van der Waals surface area contributed by atoms with Crippen molar-refractivity contribution >= 4 is 15.9 Å². The molecule has 0 aliphatic rings. The van der Waals surface area contributed by atoms with E-state index in [9.17, 15) is 0 Å². The summed E-state index contributed by atoms with van der Waals surface area (Å²) in [6.07, 6.45) is 5.33. The Morgan fingerprint density at radius 1 is 1.58 bits per heavy atom. The van der Waals surface area contributed by atoms with E-state index in [0.29, 0.717) is 12.5 Å². The van der Waals surface area contributed by atoms with Gasteiger partial charge in [0.1, 0.15) is 6.33 Å². The topological polar surface area (TPSA) is 35.0 Å². The van der Waals surface area contributed by atoms with Crippen LogP contribution < -0.4 is 4.74 Å². The van der Waals surface area contributed by atoms with Gasteiger partial charge in [-0.05, 0) is 22.4 Å². The quantitative estimate of drug-likeness (QED) is 0.746. The summed E-state index contributed by atoms with van der Waals surface area (Å²) in [5, 5.41) is 0. The maximum atomic E-state index is 5.38. The SMILES string of the molecule is CCCCOc1ncncc1Br. The van der Waals surface area contributed by atoms with Gasteiger partial charge in [0, 0.05) is 6.20 Å². The largest absolute Gasteiger partial charge is 0.477 e. The Labute approximate surface area is 80.3 Å². The molecule has 1 heterocycles. The molecule has 0 radical (unpaired) electrons. The standard InChI is InChI=1S/C8H11BrN2O/c1-2-3-4-12-8-7(9)5-10-6-11-8/h5-6H,2-4H2,1H3. The van der Waals surface area contributed by atoms with Gasteiger partial charge in [0.05, 0.1) is 11.1 Å². The Morgan fingerprint density at radius 2 is 2.42 bits per heavy atom. The second-order valence-electron chi connectivity index (χ2n) is 2.38. The number of aromatic nitrogens is 2. The fraction of sp³-hybridized carbons (Fsp3) is 0.500. The molecule has 0 aliphatic heterocycles. The van der Waals surface area contributed by atoms with Crippen LogP contribution in [0, 0.1) is 0 Å². The zero-order valence-electron chi connectivity index (χ0n) is 6.96. The molecule has 0 spiro atoms. The van der Waals surface area contributed by atoms with Gasteiger partial charge in [0.15, 0.2) is 0 Å². The first-order valence-corrected chi connectivity index (χ1v) is 4.72. The summed E-state index contributed by atoms with van der Waals surface area (Å²) in [5.74, 6) is 0.624. The van der Waals surface area contributed by atoms with E-state index in [1.165, 1.54) is 6.33 Å². The Balaban J connectivity index is 2.46. The summed E-state index contributed by atoms with van der Waals surface area (Å²) in [4.78, 5) is 7.81. The molecule has 0 aromatic carbocycles. The highest BCUT2D eigenvalue weighted by Gasteiger charge is 1.99. The van der Waals surface area contributed by atoms with Gasteiger partial charge < -0.3 is 4.74 Å². The van der Waals surface area contributed by atoms with Crippen LogP contribution in [-0.2, 0) is 0 Å². The maximum Gasteiger partial charge on any atom is 0.231 e. The van der Waals surface area contributed by atoms with Gasteiger partial charge in [-0.2, -0.15) is 0 Å². The molecule has 0 N–H and O–H groups in total. The average Bonchev–Trinajstić information content (AvgIpc) is 2.09. The molecule has 0 saturated heterocycles. The van der Waals surface area contributed by atoms with E-state index < -0.39 is 0 Å². The summed E-state index contributed by atoms with van der Waals surface area (Å²) >= 11 is 3.30. The number of halogens is 1.